The number of carbonyl (C=O) groups is 1. The minimum absolute atomic E-state index is 0. The third-order valence-corrected chi connectivity index (χ3v) is 7.22. The second kappa shape index (κ2) is 9.56. The van der Waals surface area contributed by atoms with Crippen molar-refractivity contribution in [3.8, 4) is 0 Å². The Morgan fingerprint density at radius 1 is 1.41 bits per heavy atom. The molecule has 6 nitrogen and oxygen atoms in total. The predicted molar refractivity (Wildman–Crippen MR) is 110 cm³/mol. The number of likely N-dealkylation sites (N-methyl/N-ethyl adjacent to an activating group) is 1. The summed E-state index contributed by atoms with van der Waals surface area (Å²) in [4.78, 5) is 16.8. The molecule has 2 heterocycles. The summed E-state index contributed by atoms with van der Waals surface area (Å²) >= 11 is 6.13. The van der Waals surface area contributed by atoms with Gasteiger partial charge >= 0.3 is 0 Å². The average Bonchev–Trinajstić information content (AvgIpc) is 2.95. The minimum atomic E-state index is -3.01. The van der Waals surface area contributed by atoms with Gasteiger partial charge in [-0.05, 0) is 31.0 Å². The lowest BCUT2D eigenvalue weighted by Crippen LogP contribution is -2.52. The Labute approximate surface area is 172 Å². The van der Waals surface area contributed by atoms with E-state index < -0.39 is 9.84 Å². The number of hydrogen-bond donors (Lipinski definition) is 1. The summed E-state index contributed by atoms with van der Waals surface area (Å²) in [5.74, 6) is 0.273. The molecule has 0 spiro atoms. The Kier molecular flexibility index (Phi) is 7.94. The van der Waals surface area contributed by atoms with Crippen LogP contribution in [0.25, 0.3) is 0 Å². The molecule has 2 atom stereocenters. The van der Waals surface area contributed by atoms with Crippen molar-refractivity contribution >= 4 is 39.8 Å². The smallest absolute Gasteiger partial charge is 0.237 e. The van der Waals surface area contributed by atoms with Crippen molar-refractivity contribution in [2.45, 2.75) is 25.4 Å². The first-order valence-electron chi connectivity index (χ1n) is 9.10. The molecular weight excluding hydrogens is 409 g/mol. The molecule has 9 heteroatoms. The van der Waals surface area contributed by atoms with E-state index in [9.17, 15) is 13.2 Å². The molecule has 1 N–H and O–H groups in total. The molecule has 0 aliphatic carbocycles. The molecular formula is C18H27Cl2N3O3S. The Bertz CT molecular complexity index is 760. The second-order valence-corrected chi connectivity index (χ2v) is 9.65. The summed E-state index contributed by atoms with van der Waals surface area (Å²) in [7, 11) is -3.01. The summed E-state index contributed by atoms with van der Waals surface area (Å²) in [5, 5.41) is 4.06. The van der Waals surface area contributed by atoms with Gasteiger partial charge in [0.1, 0.15) is 0 Å². The number of halogens is 2. The predicted octanol–water partition coefficient (Wildman–Crippen LogP) is 1.74. The molecule has 2 unspecified atom stereocenters. The Hall–Kier alpha value is -0.860. The van der Waals surface area contributed by atoms with Crippen LogP contribution in [0.1, 0.15) is 24.9 Å². The average molecular weight is 436 g/mol. The number of nitrogens with zero attached hydrogens (tertiary/aromatic N) is 2. The zero-order valence-electron chi connectivity index (χ0n) is 15.4. The minimum Gasteiger partial charge on any atom is -0.338 e. The number of nitrogens with one attached hydrogen (secondary N) is 1. The Morgan fingerprint density at radius 3 is 2.81 bits per heavy atom. The molecule has 0 aromatic heterocycles. The maximum Gasteiger partial charge on any atom is 0.237 e. The number of rotatable bonds is 5. The molecule has 2 saturated heterocycles. The summed E-state index contributed by atoms with van der Waals surface area (Å²) in [6, 6.07) is 7.63. The highest BCUT2D eigenvalue weighted by Crippen LogP contribution is 2.25. The summed E-state index contributed by atoms with van der Waals surface area (Å²) < 4.78 is 23.5. The van der Waals surface area contributed by atoms with Gasteiger partial charge in [-0.2, -0.15) is 0 Å². The standard InChI is InChI=1S/C18H26ClN3O3S.ClH/c1-2-22(16-6-9-26(24,25)13-16)18(23)12-21-8-7-20-11-17(21)14-4-3-5-15(19)10-14;/h3-5,10,16-17,20H,2,6-9,11-13H2,1H3;1H. The van der Waals surface area contributed by atoms with Crippen molar-refractivity contribution in [1.82, 2.24) is 15.1 Å². The second-order valence-electron chi connectivity index (χ2n) is 6.98. The van der Waals surface area contributed by atoms with Gasteiger partial charge in [0, 0.05) is 43.3 Å². The fourth-order valence-corrected chi connectivity index (χ4v) is 5.83. The van der Waals surface area contributed by atoms with Crippen LogP contribution in [-0.2, 0) is 14.6 Å². The number of carbonyl (C=O) groups excluding carboxylic acids is 1. The number of benzene rings is 1. The van der Waals surface area contributed by atoms with E-state index in [0.717, 1.165) is 25.2 Å². The molecule has 1 aromatic carbocycles. The fraction of sp³-hybridized carbons (Fsp3) is 0.611. The van der Waals surface area contributed by atoms with E-state index in [1.165, 1.54) is 0 Å². The van der Waals surface area contributed by atoms with E-state index >= 15 is 0 Å². The van der Waals surface area contributed by atoms with Gasteiger partial charge in [0.2, 0.25) is 5.91 Å². The number of sulfone groups is 1. The van der Waals surface area contributed by atoms with Gasteiger partial charge in [-0.3, -0.25) is 9.69 Å². The van der Waals surface area contributed by atoms with Crippen molar-refractivity contribution in [2.24, 2.45) is 0 Å². The van der Waals surface area contributed by atoms with Crippen molar-refractivity contribution in [3.63, 3.8) is 0 Å². The van der Waals surface area contributed by atoms with Gasteiger partial charge in [-0.25, -0.2) is 8.42 Å². The van der Waals surface area contributed by atoms with E-state index in [1.54, 1.807) is 4.90 Å². The van der Waals surface area contributed by atoms with Crippen LogP contribution >= 0.6 is 24.0 Å². The quantitative estimate of drug-likeness (QED) is 0.762. The lowest BCUT2D eigenvalue weighted by Gasteiger charge is -2.38. The summed E-state index contributed by atoms with van der Waals surface area (Å²) in [6.07, 6.45) is 0.543. The Balaban J connectivity index is 0.00000261. The molecule has 0 radical (unpaired) electrons. The van der Waals surface area contributed by atoms with E-state index in [2.05, 4.69) is 10.2 Å². The molecule has 2 aliphatic rings. The van der Waals surface area contributed by atoms with Crippen molar-refractivity contribution in [1.29, 1.82) is 0 Å². The van der Waals surface area contributed by atoms with Crippen LogP contribution in [0.5, 0.6) is 0 Å². The largest absolute Gasteiger partial charge is 0.338 e. The van der Waals surface area contributed by atoms with Crippen molar-refractivity contribution in [2.75, 3.05) is 44.2 Å². The van der Waals surface area contributed by atoms with Gasteiger partial charge < -0.3 is 10.2 Å². The molecule has 27 heavy (non-hydrogen) atoms. The molecule has 152 valence electrons. The SMILES string of the molecule is CCN(C(=O)CN1CCNCC1c1cccc(Cl)c1)C1CCS(=O)(=O)C1.Cl. The lowest BCUT2D eigenvalue weighted by molar-refractivity contribution is -0.134. The Morgan fingerprint density at radius 2 is 2.19 bits per heavy atom. The van der Waals surface area contributed by atoms with Gasteiger partial charge in [-0.1, -0.05) is 23.7 Å². The van der Waals surface area contributed by atoms with Crippen LogP contribution < -0.4 is 5.32 Å². The normalized spacial score (nSPS) is 25.0. The first-order valence-corrected chi connectivity index (χ1v) is 11.3. The number of hydrogen-bond acceptors (Lipinski definition) is 5. The van der Waals surface area contributed by atoms with Crippen LogP contribution in [0.2, 0.25) is 5.02 Å². The van der Waals surface area contributed by atoms with Crippen LogP contribution in [0.3, 0.4) is 0 Å². The van der Waals surface area contributed by atoms with Crippen molar-refractivity contribution in [3.05, 3.63) is 34.9 Å². The molecule has 1 aromatic rings. The third kappa shape index (κ3) is 5.57. The first kappa shape index (κ1) is 22.4. The van der Waals surface area contributed by atoms with Crippen LogP contribution in [0.4, 0.5) is 0 Å². The van der Waals surface area contributed by atoms with E-state index in [-0.39, 0.29) is 41.9 Å². The first-order chi connectivity index (χ1) is 12.4. The van der Waals surface area contributed by atoms with Crippen molar-refractivity contribution < 1.29 is 13.2 Å². The highest BCUT2D eigenvalue weighted by atomic mass is 35.5. The monoisotopic (exact) mass is 435 g/mol. The van der Waals surface area contributed by atoms with E-state index in [4.69, 9.17) is 11.6 Å². The molecule has 2 aliphatic heterocycles. The summed E-state index contributed by atoms with van der Waals surface area (Å²) in [6.45, 7) is 5.10. The highest BCUT2D eigenvalue weighted by Gasteiger charge is 2.35. The van der Waals surface area contributed by atoms with Gasteiger partial charge in [0.15, 0.2) is 9.84 Å². The molecule has 0 saturated carbocycles. The van der Waals surface area contributed by atoms with E-state index in [0.29, 0.717) is 24.5 Å². The van der Waals surface area contributed by atoms with Crippen LogP contribution in [0, 0.1) is 0 Å². The van der Waals surface area contributed by atoms with E-state index in [1.807, 2.05) is 31.2 Å². The molecule has 1 amide bonds. The van der Waals surface area contributed by atoms with Gasteiger partial charge in [-0.15, -0.1) is 12.4 Å². The maximum atomic E-state index is 12.9. The molecule has 3 rings (SSSR count). The lowest BCUT2D eigenvalue weighted by atomic mass is 10.0. The molecule has 0 bridgehead atoms. The zero-order chi connectivity index (χ0) is 18.7. The number of piperazine rings is 1. The van der Waals surface area contributed by atoms with Crippen LogP contribution in [-0.4, -0.2) is 74.4 Å². The summed E-state index contributed by atoms with van der Waals surface area (Å²) in [5.41, 5.74) is 1.09. The van der Waals surface area contributed by atoms with Gasteiger partial charge in [0.05, 0.1) is 18.1 Å². The maximum absolute atomic E-state index is 12.9. The fourth-order valence-electron chi connectivity index (χ4n) is 3.90. The zero-order valence-corrected chi connectivity index (χ0v) is 17.8. The third-order valence-electron chi connectivity index (χ3n) is 5.24. The number of amides is 1. The van der Waals surface area contributed by atoms with Crippen LogP contribution in [0.15, 0.2) is 24.3 Å². The topological polar surface area (TPSA) is 69.7 Å². The highest BCUT2D eigenvalue weighted by molar-refractivity contribution is 7.91. The molecule has 2 fully saturated rings. The van der Waals surface area contributed by atoms with Gasteiger partial charge in [0.25, 0.3) is 0 Å².